The molecule has 0 atom stereocenters. The quantitative estimate of drug-likeness (QED) is 0.813. The minimum Gasteiger partial charge on any atom is -0.302 e. The van der Waals surface area contributed by atoms with Crippen LogP contribution in [0.25, 0.3) is 5.69 Å². The Morgan fingerprint density at radius 1 is 1.08 bits per heavy atom. The van der Waals surface area contributed by atoms with Gasteiger partial charge in [0.25, 0.3) is 0 Å². The Bertz CT molecular complexity index is 655. The molecule has 1 aromatic heterocycles. The summed E-state index contributed by atoms with van der Waals surface area (Å²) >= 11 is 0. The van der Waals surface area contributed by atoms with Crippen molar-refractivity contribution in [1.82, 2.24) is 19.6 Å². The summed E-state index contributed by atoms with van der Waals surface area (Å²) in [6.45, 7) is 10.0. The Morgan fingerprint density at radius 2 is 1.88 bits per heavy atom. The fourth-order valence-corrected chi connectivity index (χ4v) is 3.56. The molecule has 1 aromatic carbocycles. The molecule has 0 spiro atoms. The predicted molar refractivity (Wildman–Crippen MR) is 99.7 cm³/mol. The summed E-state index contributed by atoms with van der Waals surface area (Å²) in [5.74, 6) is 0. The number of hydrogen-bond donors (Lipinski definition) is 0. The molecule has 2 aromatic rings. The van der Waals surface area contributed by atoms with Gasteiger partial charge in [-0.15, -0.1) is 0 Å². The molecular formula is C20H30N4. The van der Waals surface area contributed by atoms with Gasteiger partial charge in [-0.3, -0.25) is 0 Å². The summed E-state index contributed by atoms with van der Waals surface area (Å²) < 4.78 is 2.03. The lowest BCUT2D eigenvalue weighted by Crippen LogP contribution is -2.36. The summed E-state index contributed by atoms with van der Waals surface area (Å²) in [7, 11) is 2.22. The zero-order valence-corrected chi connectivity index (χ0v) is 15.3. The first-order chi connectivity index (χ1) is 11.6. The van der Waals surface area contributed by atoms with Crippen LogP contribution in [0.5, 0.6) is 0 Å². The molecule has 1 aliphatic rings. The Morgan fingerprint density at radius 3 is 2.58 bits per heavy atom. The first-order valence-electron chi connectivity index (χ1n) is 9.15. The first-order valence-corrected chi connectivity index (χ1v) is 9.15. The van der Waals surface area contributed by atoms with Gasteiger partial charge < -0.3 is 9.80 Å². The lowest BCUT2D eigenvalue weighted by atomic mass is 10.1. The molecular weight excluding hydrogens is 296 g/mol. The van der Waals surface area contributed by atoms with Crippen molar-refractivity contribution in [2.75, 3.05) is 33.2 Å². The molecule has 0 unspecified atom stereocenters. The summed E-state index contributed by atoms with van der Waals surface area (Å²) in [5, 5.41) is 4.59. The van der Waals surface area contributed by atoms with Crippen molar-refractivity contribution in [3.63, 3.8) is 0 Å². The van der Waals surface area contributed by atoms with Gasteiger partial charge in [-0.2, -0.15) is 5.10 Å². The molecule has 0 bridgehead atoms. The largest absolute Gasteiger partial charge is 0.302 e. The van der Waals surface area contributed by atoms with E-state index in [4.69, 9.17) is 0 Å². The molecule has 1 aliphatic heterocycles. The lowest BCUT2D eigenvalue weighted by molar-refractivity contribution is 0.194. The Kier molecular flexibility index (Phi) is 5.69. The number of likely N-dealkylation sites (N-methyl/N-ethyl adjacent to an activating group) is 1. The molecule has 1 fully saturated rings. The van der Waals surface area contributed by atoms with E-state index in [1.807, 2.05) is 11.6 Å². The third-order valence-corrected chi connectivity index (χ3v) is 4.86. The highest BCUT2D eigenvalue weighted by Gasteiger charge is 2.11. The second-order valence-corrected chi connectivity index (χ2v) is 7.15. The highest BCUT2D eigenvalue weighted by molar-refractivity contribution is 5.37. The van der Waals surface area contributed by atoms with Crippen LogP contribution >= 0.6 is 0 Å². The first kappa shape index (κ1) is 17.2. The van der Waals surface area contributed by atoms with Crippen LogP contribution < -0.4 is 0 Å². The number of rotatable bonds is 6. The molecule has 1 saturated heterocycles. The second-order valence-electron chi connectivity index (χ2n) is 7.15. The zero-order valence-electron chi connectivity index (χ0n) is 15.3. The van der Waals surface area contributed by atoms with Gasteiger partial charge >= 0.3 is 0 Å². The minimum absolute atomic E-state index is 0.987. The van der Waals surface area contributed by atoms with Crippen LogP contribution in [0, 0.1) is 13.8 Å². The van der Waals surface area contributed by atoms with Crippen LogP contribution in [-0.2, 0) is 6.54 Å². The Hall–Kier alpha value is -1.65. The molecule has 2 heterocycles. The third kappa shape index (κ3) is 4.46. The molecule has 0 aliphatic carbocycles. The average molecular weight is 326 g/mol. The van der Waals surface area contributed by atoms with E-state index in [9.17, 15) is 0 Å². The van der Waals surface area contributed by atoms with Crippen LogP contribution in [0.3, 0.4) is 0 Å². The van der Waals surface area contributed by atoms with Gasteiger partial charge in [0, 0.05) is 25.3 Å². The SMILES string of the molecule is Cc1cc(C)n(-c2cccc(CN(C)CCN3CCCCC3)c2)n1. The molecule has 130 valence electrons. The molecule has 0 radical (unpaired) electrons. The van der Waals surface area contributed by atoms with Gasteiger partial charge in [0.1, 0.15) is 0 Å². The van der Waals surface area contributed by atoms with Crippen molar-refractivity contribution in [3.05, 3.63) is 47.3 Å². The van der Waals surface area contributed by atoms with Gasteiger partial charge in [-0.25, -0.2) is 4.68 Å². The van der Waals surface area contributed by atoms with E-state index in [2.05, 4.69) is 59.2 Å². The van der Waals surface area contributed by atoms with E-state index in [1.165, 1.54) is 50.2 Å². The lowest BCUT2D eigenvalue weighted by Gasteiger charge is -2.28. The molecule has 24 heavy (non-hydrogen) atoms. The van der Waals surface area contributed by atoms with Crippen molar-refractivity contribution in [2.45, 2.75) is 39.7 Å². The maximum atomic E-state index is 4.59. The Balaban J connectivity index is 1.58. The molecule has 0 N–H and O–H groups in total. The normalized spacial score (nSPS) is 16.0. The van der Waals surface area contributed by atoms with Crippen molar-refractivity contribution in [1.29, 1.82) is 0 Å². The van der Waals surface area contributed by atoms with Gasteiger partial charge in [0.05, 0.1) is 11.4 Å². The number of benzene rings is 1. The monoisotopic (exact) mass is 326 g/mol. The smallest absolute Gasteiger partial charge is 0.0651 e. The van der Waals surface area contributed by atoms with E-state index in [-0.39, 0.29) is 0 Å². The maximum Gasteiger partial charge on any atom is 0.0651 e. The molecule has 0 saturated carbocycles. The van der Waals surface area contributed by atoms with E-state index in [0.717, 1.165) is 24.5 Å². The second kappa shape index (κ2) is 7.95. The predicted octanol–water partition coefficient (Wildman–Crippen LogP) is 3.41. The van der Waals surface area contributed by atoms with Crippen LogP contribution in [0.1, 0.15) is 36.2 Å². The molecule has 3 rings (SSSR count). The average Bonchev–Trinajstić information content (AvgIpc) is 2.93. The number of aromatic nitrogens is 2. The van der Waals surface area contributed by atoms with Gasteiger partial charge in [0.2, 0.25) is 0 Å². The number of hydrogen-bond acceptors (Lipinski definition) is 3. The van der Waals surface area contributed by atoms with E-state index in [0.29, 0.717) is 0 Å². The topological polar surface area (TPSA) is 24.3 Å². The summed E-state index contributed by atoms with van der Waals surface area (Å²) in [4.78, 5) is 5.03. The van der Waals surface area contributed by atoms with Gasteiger partial charge in [0.15, 0.2) is 0 Å². The van der Waals surface area contributed by atoms with Crippen LogP contribution in [-0.4, -0.2) is 52.8 Å². The number of piperidine rings is 1. The maximum absolute atomic E-state index is 4.59. The van der Waals surface area contributed by atoms with E-state index in [1.54, 1.807) is 0 Å². The van der Waals surface area contributed by atoms with Gasteiger partial charge in [-0.1, -0.05) is 18.6 Å². The summed E-state index contributed by atoms with van der Waals surface area (Å²) in [6.07, 6.45) is 4.15. The minimum atomic E-state index is 0.987. The van der Waals surface area contributed by atoms with Crippen molar-refractivity contribution >= 4 is 0 Å². The Labute approximate surface area is 146 Å². The highest BCUT2D eigenvalue weighted by Crippen LogP contribution is 2.15. The van der Waals surface area contributed by atoms with E-state index < -0.39 is 0 Å². The fourth-order valence-electron chi connectivity index (χ4n) is 3.56. The van der Waals surface area contributed by atoms with E-state index >= 15 is 0 Å². The molecule has 4 heteroatoms. The zero-order chi connectivity index (χ0) is 16.9. The summed E-state index contributed by atoms with van der Waals surface area (Å²) in [5.41, 5.74) is 4.75. The number of aryl methyl sites for hydroxylation is 2. The summed E-state index contributed by atoms with van der Waals surface area (Å²) in [6, 6.07) is 10.9. The third-order valence-electron chi connectivity index (χ3n) is 4.86. The van der Waals surface area contributed by atoms with Crippen LogP contribution in [0.2, 0.25) is 0 Å². The molecule has 4 nitrogen and oxygen atoms in total. The van der Waals surface area contributed by atoms with Crippen molar-refractivity contribution in [3.8, 4) is 5.69 Å². The highest BCUT2D eigenvalue weighted by atomic mass is 15.3. The van der Waals surface area contributed by atoms with Crippen molar-refractivity contribution in [2.24, 2.45) is 0 Å². The van der Waals surface area contributed by atoms with Crippen LogP contribution in [0.15, 0.2) is 30.3 Å². The molecule has 0 amide bonds. The fraction of sp³-hybridized carbons (Fsp3) is 0.550. The number of nitrogens with zero attached hydrogens (tertiary/aromatic N) is 4. The number of likely N-dealkylation sites (tertiary alicyclic amines) is 1. The van der Waals surface area contributed by atoms with Crippen LogP contribution in [0.4, 0.5) is 0 Å². The van der Waals surface area contributed by atoms with Crippen molar-refractivity contribution < 1.29 is 0 Å². The van der Waals surface area contributed by atoms with Gasteiger partial charge in [-0.05, 0) is 70.6 Å². The standard InChI is InChI=1S/C20H30N4/c1-17-14-18(2)24(21-17)20-9-7-8-19(15-20)16-22(3)12-13-23-10-5-4-6-11-23/h7-9,14-15H,4-6,10-13,16H2,1-3H3.